The molecule has 0 radical (unpaired) electrons. The molecule has 0 saturated carbocycles. The monoisotopic (exact) mass is 462 g/mol. The Balaban J connectivity index is 1.56. The Hall–Kier alpha value is -4.46. The number of esters is 1. The molecule has 0 atom stereocenters. The first kappa shape index (κ1) is 22.7. The number of carbonyl (C=O) groups is 2. The van der Waals surface area contributed by atoms with Gasteiger partial charge < -0.3 is 28.4 Å². The molecule has 0 fully saturated rings. The van der Waals surface area contributed by atoms with E-state index in [1.54, 1.807) is 49.6 Å². The Morgan fingerprint density at radius 1 is 0.765 bits per heavy atom. The Morgan fingerprint density at radius 2 is 1.47 bits per heavy atom. The number of Topliss-reactive ketones (excluding diaryl/α,β-unsaturated/α-hetero) is 1. The zero-order valence-corrected chi connectivity index (χ0v) is 19.0. The van der Waals surface area contributed by atoms with E-state index < -0.39 is 5.97 Å². The summed E-state index contributed by atoms with van der Waals surface area (Å²) < 4.78 is 32.3. The zero-order valence-electron chi connectivity index (χ0n) is 19.0. The normalized spacial score (nSPS) is 13.2. The largest absolute Gasteiger partial charge is 0.497 e. The highest BCUT2D eigenvalue weighted by atomic mass is 16.5. The maximum Gasteiger partial charge on any atom is 0.343 e. The molecule has 0 aromatic heterocycles. The van der Waals surface area contributed by atoms with Crippen LogP contribution in [-0.2, 0) is 0 Å². The van der Waals surface area contributed by atoms with E-state index in [1.807, 2.05) is 0 Å². The van der Waals surface area contributed by atoms with Crippen LogP contribution >= 0.6 is 0 Å². The van der Waals surface area contributed by atoms with Gasteiger partial charge in [0.25, 0.3) is 0 Å². The molecule has 3 aromatic rings. The van der Waals surface area contributed by atoms with Gasteiger partial charge in [-0.3, -0.25) is 4.79 Å². The van der Waals surface area contributed by atoms with E-state index in [-0.39, 0.29) is 28.6 Å². The molecule has 0 amide bonds. The summed E-state index contributed by atoms with van der Waals surface area (Å²) in [5.41, 5.74) is 1.26. The van der Waals surface area contributed by atoms with Crippen molar-refractivity contribution in [3.05, 3.63) is 77.0 Å². The van der Waals surface area contributed by atoms with E-state index in [1.165, 1.54) is 39.5 Å². The van der Waals surface area contributed by atoms with E-state index in [0.717, 1.165) is 0 Å². The van der Waals surface area contributed by atoms with Gasteiger partial charge in [0.15, 0.2) is 17.3 Å². The van der Waals surface area contributed by atoms with Crippen LogP contribution in [0.3, 0.4) is 0 Å². The molecule has 0 spiro atoms. The van der Waals surface area contributed by atoms with Crippen LogP contribution in [0.1, 0.15) is 26.3 Å². The van der Waals surface area contributed by atoms with Crippen molar-refractivity contribution >= 4 is 17.8 Å². The molecule has 0 N–H and O–H groups in total. The van der Waals surface area contributed by atoms with Gasteiger partial charge in [0.1, 0.15) is 23.0 Å². The topological polar surface area (TPSA) is 89.5 Å². The number of ether oxygens (including phenoxy) is 6. The van der Waals surface area contributed by atoms with E-state index in [9.17, 15) is 9.59 Å². The van der Waals surface area contributed by atoms with Gasteiger partial charge in [-0.15, -0.1) is 0 Å². The molecule has 0 aliphatic carbocycles. The van der Waals surface area contributed by atoms with Gasteiger partial charge in [0, 0.05) is 11.6 Å². The summed E-state index contributed by atoms with van der Waals surface area (Å²) in [6.45, 7) is 0. The Labute approximate surface area is 196 Å². The van der Waals surface area contributed by atoms with Gasteiger partial charge >= 0.3 is 5.97 Å². The van der Waals surface area contributed by atoms with Crippen LogP contribution in [0.15, 0.2) is 60.4 Å². The Bertz CT molecular complexity index is 1290. The third-order valence-electron chi connectivity index (χ3n) is 5.19. The van der Waals surface area contributed by atoms with Gasteiger partial charge in [-0.1, -0.05) is 0 Å². The quantitative estimate of drug-likeness (QED) is 0.287. The van der Waals surface area contributed by atoms with Crippen LogP contribution in [0.4, 0.5) is 0 Å². The molecule has 3 aromatic carbocycles. The highest BCUT2D eigenvalue weighted by Gasteiger charge is 2.28. The number of ketones is 1. The average molecular weight is 462 g/mol. The molecule has 0 unspecified atom stereocenters. The Kier molecular flexibility index (Phi) is 6.40. The number of rotatable bonds is 7. The maximum absolute atomic E-state index is 12.8. The second kappa shape index (κ2) is 9.58. The van der Waals surface area contributed by atoms with Crippen LogP contribution in [0, 0.1) is 0 Å². The minimum absolute atomic E-state index is 0.116. The molecule has 8 heteroatoms. The summed E-state index contributed by atoms with van der Waals surface area (Å²) in [6.07, 6.45) is 1.58. The molecule has 174 valence electrons. The molecule has 4 rings (SSSR count). The third-order valence-corrected chi connectivity index (χ3v) is 5.19. The molecule has 1 aliphatic heterocycles. The lowest BCUT2D eigenvalue weighted by atomic mass is 10.1. The lowest BCUT2D eigenvalue weighted by Gasteiger charge is -2.10. The fraction of sp³-hybridized carbons (Fsp3) is 0.154. The average Bonchev–Trinajstić information content (AvgIpc) is 3.17. The first-order chi connectivity index (χ1) is 16.5. The molecule has 34 heavy (non-hydrogen) atoms. The number of allylic oxidation sites excluding steroid dienone is 1. The fourth-order valence-electron chi connectivity index (χ4n) is 3.45. The lowest BCUT2D eigenvalue weighted by Crippen LogP contribution is -2.09. The molecule has 0 bridgehead atoms. The first-order valence-corrected chi connectivity index (χ1v) is 10.2. The summed E-state index contributed by atoms with van der Waals surface area (Å²) in [6, 6.07) is 14.5. The van der Waals surface area contributed by atoms with Crippen molar-refractivity contribution in [1.82, 2.24) is 0 Å². The lowest BCUT2D eigenvalue weighted by molar-refractivity contribution is 0.0734. The summed E-state index contributed by atoms with van der Waals surface area (Å²) >= 11 is 0. The summed E-state index contributed by atoms with van der Waals surface area (Å²) in [7, 11) is 6.08. The van der Waals surface area contributed by atoms with Crippen molar-refractivity contribution in [2.24, 2.45) is 0 Å². The molecular weight excluding hydrogens is 440 g/mol. The number of benzene rings is 3. The second-order valence-electron chi connectivity index (χ2n) is 7.16. The minimum atomic E-state index is -0.595. The second-order valence-corrected chi connectivity index (χ2v) is 7.16. The van der Waals surface area contributed by atoms with Crippen LogP contribution in [0.25, 0.3) is 6.08 Å². The molecule has 1 aliphatic rings. The molecular formula is C26H22O8. The van der Waals surface area contributed by atoms with Crippen molar-refractivity contribution in [3.8, 4) is 34.5 Å². The Morgan fingerprint density at radius 3 is 2.18 bits per heavy atom. The third kappa shape index (κ3) is 4.38. The SMILES string of the molecule is COc1ccc(OC)c(/C=C2\Oc3cc(OC(=O)c4ccc(OC)c(OC)c4)ccc3C2=O)c1. The summed E-state index contributed by atoms with van der Waals surface area (Å²) in [5.74, 6) is 1.81. The highest BCUT2D eigenvalue weighted by Crippen LogP contribution is 2.37. The van der Waals surface area contributed by atoms with Gasteiger partial charge in [-0.05, 0) is 54.6 Å². The van der Waals surface area contributed by atoms with Crippen molar-refractivity contribution in [1.29, 1.82) is 0 Å². The van der Waals surface area contributed by atoms with E-state index in [0.29, 0.717) is 34.1 Å². The predicted octanol–water partition coefficient (Wildman–Crippen LogP) is 4.56. The van der Waals surface area contributed by atoms with E-state index in [2.05, 4.69) is 0 Å². The zero-order chi connectivity index (χ0) is 24.2. The van der Waals surface area contributed by atoms with Crippen molar-refractivity contribution in [2.45, 2.75) is 0 Å². The van der Waals surface area contributed by atoms with Gasteiger partial charge in [0.05, 0.1) is 39.6 Å². The van der Waals surface area contributed by atoms with Gasteiger partial charge in [-0.2, -0.15) is 0 Å². The van der Waals surface area contributed by atoms with Gasteiger partial charge in [-0.25, -0.2) is 4.79 Å². The molecule has 1 heterocycles. The first-order valence-electron chi connectivity index (χ1n) is 10.2. The fourth-order valence-corrected chi connectivity index (χ4v) is 3.45. The number of hydrogen-bond acceptors (Lipinski definition) is 8. The number of fused-ring (bicyclic) bond motifs is 1. The van der Waals surface area contributed by atoms with E-state index >= 15 is 0 Å². The molecule has 8 nitrogen and oxygen atoms in total. The maximum atomic E-state index is 12.8. The van der Waals surface area contributed by atoms with Crippen LogP contribution in [0.5, 0.6) is 34.5 Å². The van der Waals surface area contributed by atoms with Gasteiger partial charge in [0.2, 0.25) is 5.78 Å². The van der Waals surface area contributed by atoms with Crippen molar-refractivity contribution < 1.29 is 38.0 Å². The molecule has 0 saturated heterocycles. The summed E-state index contributed by atoms with van der Waals surface area (Å²) in [4.78, 5) is 25.5. The van der Waals surface area contributed by atoms with Crippen LogP contribution in [-0.4, -0.2) is 40.2 Å². The smallest absolute Gasteiger partial charge is 0.343 e. The van der Waals surface area contributed by atoms with Crippen molar-refractivity contribution in [3.63, 3.8) is 0 Å². The van der Waals surface area contributed by atoms with Crippen LogP contribution < -0.4 is 28.4 Å². The number of carbonyl (C=O) groups excluding carboxylic acids is 2. The number of methoxy groups -OCH3 is 4. The van der Waals surface area contributed by atoms with E-state index in [4.69, 9.17) is 28.4 Å². The number of hydrogen-bond donors (Lipinski definition) is 0. The van der Waals surface area contributed by atoms with Crippen LogP contribution in [0.2, 0.25) is 0 Å². The standard InChI is InChI=1S/C26H22O8/c1-29-17-7-10-20(30-2)16(11-17)13-24-25(27)19-8-6-18(14-22(19)34-24)33-26(28)15-5-9-21(31-3)23(12-15)32-4/h5-14H,1-4H3/b24-13-. The predicted molar refractivity (Wildman–Crippen MR) is 123 cm³/mol. The highest BCUT2D eigenvalue weighted by molar-refractivity contribution is 6.14. The summed E-state index contributed by atoms with van der Waals surface area (Å²) in [5, 5.41) is 0. The van der Waals surface area contributed by atoms with Crippen molar-refractivity contribution in [2.75, 3.05) is 28.4 Å². The minimum Gasteiger partial charge on any atom is -0.497 e.